The van der Waals surface area contributed by atoms with Gasteiger partial charge in [0.1, 0.15) is 0 Å². The van der Waals surface area contributed by atoms with E-state index >= 15 is 0 Å². The molecule has 1 aliphatic rings. The van der Waals surface area contributed by atoms with E-state index in [9.17, 15) is 4.79 Å². The van der Waals surface area contributed by atoms with E-state index in [1.807, 2.05) is 4.90 Å². The first kappa shape index (κ1) is 12.5. The number of rotatable bonds is 2. The van der Waals surface area contributed by atoms with Gasteiger partial charge >= 0.3 is 0 Å². The first-order valence-corrected chi connectivity index (χ1v) is 6.62. The maximum Gasteiger partial charge on any atom is 0.258 e. The Morgan fingerprint density at radius 3 is 3.00 bits per heavy atom. The predicted octanol–water partition coefficient (Wildman–Crippen LogP) is 3.59. The van der Waals surface area contributed by atoms with Crippen LogP contribution in [0.3, 0.4) is 0 Å². The third-order valence-electron chi connectivity index (χ3n) is 3.56. The van der Waals surface area contributed by atoms with E-state index in [4.69, 9.17) is 16.0 Å². The van der Waals surface area contributed by atoms with Crippen LogP contribution in [-0.2, 0) is 0 Å². The summed E-state index contributed by atoms with van der Waals surface area (Å²) in [6.07, 6.45) is 6.06. The lowest BCUT2D eigenvalue weighted by atomic mass is 9.98. The number of halogens is 1. The summed E-state index contributed by atoms with van der Waals surface area (Å²) in [6, 6.07) is 1.65. The molecule has 1 saturated heterocycles. The molecule has 1 unspecified atom stereocenters. The second-order valence-corrected chi connectivity index (χ2v) is 4.95. The maximum absolute atomic E-state index is 12.2. The first-order chi connectivity index (χ1) is 8.22. The van der Waals surface area contributed by atoms with Gasteiger partial charge in [-0.3, -0.25) is 4.79 Å². The Morgan fingerprint density at radius 1 is 1.53 bits per heavy atom. The van der Waals surface area contributed by atoms with Gasteiger partial charge in [-0.25, -0.2) is 0 Å². The molecule has 4 heteroatoms. The Kier molecular flexibility index (Phi) is 4.11. The van der Waals surface area contributed by atoms with Crippen molar-refractivity contribution in [1.82, 2.24) is 4.90 Å². The van der Waals surface area contributed by atoms with E-state index < -0.39 is 0 Å². The van der Waals surface area contributed by atoms with E-state index in [1.54, 1.807) is 6.07 Å². The van der Waals surface area contributed by atoms with Crippen molar-refractivity contribution >= 4 is 17.5 Å². The molecule has 1 aromatic rings. The number of hydrogen-bond acceptors (Lipinski definition) is 2. The molecule has 2 rings (SSSR count). The highest BCUT2D eigenvalue weighted by Gasteiger charge is 2.23. The molecule has 94 valence electrons. The van der Waals surface area contributed by atoms with Gasteiger partial charge in [0.25, 0.3) is 5.91 Å². The highest BCUT2D eigenvalue weighted by Crippen LogP contribution is 2.23. The Bertz CT molecular complexity index is 389. The fourth-order valence-electron chi connectivity index (χ4n) is 2.39. The van der Waals surface area contributed by atoms with Gasteiger partial charge in [-0.1, -0.05) is 13.3 Å². The van der Waals surface area contributed by atoms with E-state index in [1.165, 1.54) is 19.1 Å². The summed E-state index contributed by atoms with van der Waals surface area (Å²) in [5.74, 6) is 0.758. The zero-order valence-electron chi connectivity index (χ0n) is 10.1. The molecule has 0 saturated carbocycles. The number of likely N-dealkylation sites (tertiary alicyclic amines) is 1. The van der Waals surface area contributed by atoms with E-state index in [0.717, 1.165) is 31.8 Å². The monoisotopic (exact) mass is 255 g/mol. The Balaban J connectivity index is 2.03. The number of amides is 1. The SMILES string of the molecule is CCC1CCCN(C(=O)c2ccoc2Cl)CC1. The topological polar surface area (TPSA) is 33.5 Å². The van der Waals surface area contributed by atoms with Crippen LogP contribution in [0, 0.1) is 5.92 Å². The van der Waals surface area contributed by atoms with Gasteiger partial charge in [0.05, 0.1) is 11.8 Å². The normalized spacial score (nSPS) is 21.3. The highest BCUT2D eigenvalue weighted by atomic mass is 35.5. The molecular formula is C13H18ClNO2. The van der Waals surface area contributed by atoms with Gasteiger partial charge in [-0.2, -0.15) is 0 Å². The van der Waals surface area contributed by atoms with Crippen molar-refractivity contribution < 1.29 is 9.21 Å². The third-order valence-corrected chi connectivity index (χ3v) is 3.85. The van der Waals surface area contributed by atoms with Crippen LogP contribution in [0.2, 0.25) is 5.22 Å². The Labute approximate surface area is 107 Å². The van der Waals surface area contributed by atoms with Crippen molar-refractivity contribution in [3.63, 3.8) is 0 Å². The van der Waals surface area contributed by atoms with Crippen molar-refractivity contribution in [3.05, 3.63) is 23.1 Å². The zero-order chi connectivity index (χ0) is 12.3. The molecule has 0 spiro atoms. The third kappa shape index (κ3) is 2.83. The fourth-order valence-corrected chi connectivity index (χ4v) is 2.59. The molecule has 2 heterocycles. The minimum absolute atomic E-state index is 0.000466. The Hall–Kier alpha value is -0.960. The lowest BCUT2D eigenvalue weighted by molar-refractivity contribution is 0.0759. The number of carbonyl (C=O) groups is 1. The van der Waals surface area contributed by atoms with Crippen LogP contribution in [0.4, 0.5) is 0 Å². The van der Waals surface area contributed by atoms with Crippen LogP contribution in [0.1, 0.15) is 43.0 Å². The first-order valence-electron chi connectivity index (χ1n) is 6.24. The van der Waals surface area contributed by atoms with Gasteiger partial charge < -0.3 is 9.32 Å². The fraction of sp³-hybridized carbons (Fsp3) is 0.615. The number of furan rings is 1. The van der Waals surface area contributed by atoms with Crippen LogP contribution in [0.5, 0.6) is 0 Å². The van der Waals surface area contributed by atoms with Gasteiger partial charge in [0, 0.05) is 13.1 Å². The van der Waals surface area contributed by atoms with E-state index in [0.29, 0.717) is 5.56 Å². The minimum atomic E-state index is 0.000466. The van der Waals surface area contributed by atoms with Crippen LogP contribution < -0.4 is 0 Å². The van der Waals surface area contributed by atoms with Crippen molar-refractivity contribution in [2.45, 2.75) is 32.6 Å². The largest absolute Gasteiger partial charge is 0.452 e. The standard InChI is InChI=1S/C13H18ClNO2/c1-2-10-4-3-7-15(8-5-10)13(16)11-6-9-17-12(11)14/h6,9-10H,2-5,7-8H2,1H3. The van der Waals surface area contributed by atoms with Crippen LogP contribution >= 0.6 is 11.6 Å². The average Bonchev–Trinajstić information content (AvgIpc) is 2.64. The molecule has 3 nitrogen and oxygen atoms in total. The molecule has 1 atom stereocenters. The summed E-state index contributed by atoms with van der Waals surface area (Å²) in [5.41, 5.74) is 0.488. The van der Waals surface area contributed by atoms with Gasteiger partial charge in [0.2, 0.25) is 5.22 Å². The zero-order valence-corrected chi connectivity index (χ0v) is 10.9. The van der Waals surface area contributed by atoms with E-state index in [2.05, 4.69) is 6.92 Å². The molecule has 0 bridgehead atoms. The van der Waals surface area contributed by atoms with Crippen LogP contribution in [0.15, 0.2) is 16.7 Å². The molecule has 1 aliphatic heterocycles. The highest BCUT2D eigenvalue weighted by molar-refractivity contribution is 6.32. The summed E-state index contributed by atoms with van der Waals surface area (Å²) in [4.78, 5) is 14.1. The van der Waals surface area contributed by atoms with Crippen molar-refractivity contribution in [2.24, 2.45) is 5.92 Å². The molecule has 0 aliphatic carbocycles. The number of hydrogen-bond donors (Lipinski definition) is 0. The second-order valence-electron chi connectivity index (χ2n) is 4.61. The molecule has 17 heavy (non-hydrogen) atoms. The smallest absolute Gasteiger partial charge is 0.258 e. The van der Waals surface area contributed by atoms with Gasteiger partial charge in [0.15, 0.2) is 0 Å². The number of nitrogens with zero attached hydrogens (tertiary/aromatic N) is 1. The summed E-state index contributed by atoms with van der Waals surface area (Å²) >= 11 is 5.84. The van der Waals surface area contributed by atoms with Gasteiger partial charge in [-0.15, -0.1) is 0 Å². The van der Waals surface area contributed by atoms with Crippen molar-refractivity contribution in [1.29, 1.82) is 0 Å². The summed E-state index contributed by atoms with van der Waals surface area (Å²) in [6.45, 7) is 3.88. The summed E-state index contributed by atoms with van der Waals surface area (Å²) in [7, 11) is 0. The van der Waals surface area contributed by atoms with Crippen LogP contribution in [-0.4, -0.2) is 23.9 Å². The lowest BCUT2D eigenvalue weighted by Crippen LogP contribution is -2.31. The van der Waals surface area contributed by atoms with Crippen molar-refractivity contribution in [3.8, 4) is 0 Å². The van der Waals surface area contributed by atoms with Crippen LogP contribution in [0.25, 0.3) is 0 Å². The minimum Gasteiger partial charge on any atom is -0.452 e. The number of carbonyl (C=O) groups excluding carboxylic acids is 1. The van der Waals surface area contributed by atoms with E-state index in [-0.39, 0.29) is 11.1 Å². The molecule has 1 aromatic heterocycles. The molecule has 0 N–H and O–H groups in total. The molecule has 0 aromatic carbocycles. The summed E-state index contributed by atoms with van der Waals surface area (Å²) in [5, 5.41) is 0.200. The lowest BCUT2D eigenvalue weighted by Gasteiger charge is -2.19. The predicted molar refractivity (Wildman–Crippen MR) is 67.3 cm³/mol. The molecule has 0 radical (unpaired) electrons. The van der Waals surface area contributed by atoms with Gasteiger partial charge in [-0.05, 0) is 42.8 Å². The second kappa shape index (κ2) is 5.58. The quantitative estimate of drug-likeness (QED) is 0.809. The molecule has 1 fully saturated rings. The summed E-state index contributed by atoms with van der Waals surface area (Å²) < 4.78 is 4.97. The maximum atomic E-state index is 12.2. The average molecular weight is 256 g/mol. The Morgan fingerprint density at radius 2 is 2.35 bits per heavy atom. The van der Waals surface area contributed by atoms with Crippen molar-refractivity contribution in [2.75, 3.05) is 13.1 Å². The molecular weight excluding hydrogens is 238 g/mol. The molecule has 1 amide bonds.